The fourth-order valence-corrected chi connectivity index (χ4v) is 1.37. The van der Waals surface area contributed by atoms with Crippen LogP contribution in [0.4, 0.5) is 0 Å². The van der Waals surface area contributed by atoms with E-state index >= 15 is 0 Å². The molecule has 0 bridgehead atoms. The van der Waals surface area contributed by atoms with Crippen molar-refractivity contribution in [2.45, 2.75) is 25.8 Å². The minimum atomic E-state index is -0.0645. The summed E-state index contributed by atoms with van der Waals surface area (Å²) in [5.74, 6) is -0.0645. The molecule has 0 aliphatic carbocycles. The van der Waals surface area contributed by atoms with Crippen molar-refractivity contribution in [2.24, 2.45) is 0 Å². The first-order valence-electron chi connectivity index (χ1n) is 3.88. The Kier molecular flexibility index (Phi) is 2.84. The number of carbonyl (C=O) groups is 1. The van der Waals surface area contributed by atoms with E-state index in [1.807, 2.05) is 5.01 Å². The molecule has 2 N–H and O–H groups in total. The fourth-order valence-electron chi connectivity index (χ4n) is 1.37. The van der Waals surface area contributed by atoms with Crippen molar-refractivity contribution in [1.29, 1.82) is 0 Å². The highest BCUT2D eigenvalue weighted by Crippen LogP contribution is 2.13. The minimum absolute atomic E-state index is 0.0645. The van der Waals surface area contributed by atoms with Gasteiger partial charge in [0.05, 0.1) is 12.6 Å². The molecule has 1 amide bonds. The number of amides is 1. The SMILES string of the molecule is CC(=O)NN1CCC[C@H]1CO. The zero-order valence-electron chi connectivity index (χ0n) is 6.71. The number of carbonyl (C=O) groups excluding carboxylic acids is 1. The summed E-state index contributed by atoms with van der Waals surface area (Å²) in [6.45, 7) is 2.46. The number of hydrogen-bond donors (Lipinski definition) is 2. The van der Waals surface area contributed by atoms with Crippen molar-refractivity contribution in [3.63, 3.8) is 0 Å². The molecule has 1 aliphatic heterocycles. The van der Waals surface area contributed by atoms with Crippen LogP contribution in [0.15, 0.2) is 0 Å². The van der Waals surface area contributed by atoms with E-state index in [1.54, 1.807) is 0 Å². The van der Waals surface area contributed by atoms with E-state index < -0.39 is 0 Å². The second-order valence-electron chi connectivity index (χ2n) is 2.84. The van der Waals surface area contributed by atoms with E-state index in [1.165, 1.54) is 6.92 Å². The average Bonchev–Trinajstić information content (AvgIpc) is 2.34. The average molecular weight is 158 g/mol. The molecule has 1 rings (SSSR count). The molecule has 0 aromatic rings. The zero-order valence-corrected chi connectivity index (χ0v) is 6.71. The quantitative estimate of drug-likeness (QED) is 0.569. The molecule has 1 fully saturated rings. The largest absolute Gasteiger partial charge is 0.395 e. The third kappa shape index (κ3) is 2.17. The van der Waals surface area contributed by atoms with Crippen molar-refractivity contribution in [3.8, 4) is 0 Å². The summed E-state index contributed by atoms with van der Waals surface area (Å²) in [5, 5.41) is 10.7. The lowest BCUT2D eigenvalue weighted by Crippen LogP contribution is -2.45. The molecule has 0 unspecified atom stereocenters. The maximum Gasteiger partial charge on any atom is 0.231 e. The third-order valence-corrected chi connectivity index (χ3v) is 1.89. The van der Waals surface area contributed by atoms with Gasteiger partial charge in [0.15, 0.2) is 0 Å². The van der Waals surface area contributed by atoms with Crippen LogP contribution in [-0.4, -0.2) is 35.2 Å². The van der Waals surface area contributed by atoms with Gasteiger partial charge in [-0.1, -0.05) is 0 Å². The van der Waals surface area contributed by atoms with Crippen molar-refractivity contribution in [2.75, 3.05) is 13.2 Å². The molecule has 0 radical (unpaired) electrons. The standard InChI is InChI=1S/C7H14N2O2/c1-6(11)8-9-4-2-3-7(9)5-10/h7,10H,2-5H2,1H3,(H,8,11)/t7-/m0/s1. The van der Waals surface area contributed by atoms with Crippen LogP contribution in [0, 0.1) is 0 Å². The van der Waals surface area contributed by atoms with Gasteiger partial charge in [-0.3, -0.25) is 10.2 Å². The smallest absolute Gasteiger partial charge is 0.231 e. The number of nitrogens with one attached hydrogen (secondary N) is 1. The molecule has 1 atom stereocenters. The van der Waals surface area contributed by atoms with Gasteiger partial charge >= 0.3 is 0 Å². The van der Waals surface area contributed by atoms with E-state index in [9.17, 15) is 4.79 Å². The number of hydrogen-bond acceptors (Lipinski definition) is 3. The molecule has 0 aromatic carbocycles. The number of hydrazine groups is 1. The highest BCUT2D eigenvalue weighted by atomic mass is 16.3. The van der Waals surface area contributed by atoms with E-state index in [0.717, 1.165) is 19.4 Å². The Morgan fingerprint density at radius 3 is 3.09 bits per heavy atom. The molecule has 64 valence electrons. The van der Waals surface area contributed by atoms with Crippen LogP contribution in [0.5, 0.6) is 0 Å². The molecule has 4 heteroatoms. The molecule has 11 heavy (non-hydrogen) atoms. The first-order valence-corrected chi connectivity index (χ1v) is 3.88. The van der Waals surface area contributed by atoms with Crippen LogP contribution >= 0.6 is 0 Å². The van der Waals surface area contributed by atoms with Crippen LogP contribution in [0.3, 0.4) is 0 Å². The lowest BCUT2D eigenvalue weighted by atomic mass is 10.2. The number of nitrogens with zero attached hydrogens (tertiary/aromatic N) is 1. The molecule has 4 nitrogen and oxygen atoms in total. The maximum atomic E-state index is 10.6. The molecule has 0 aromatic heterocycles. The van der Waals surface area contributed by atoms with Gasteiger partial charge in [-0.2, -0.15) is 0 Å². The lowest BCUT2D eigenvalue weighted by Gasteiger charge is -2.22. The highest BCUT2D eigenvalue weighted by molar-refractivity contribution is 5.72. The summed E-state index contributed by atoms with van der Waals surface area (Å²) in [6.07, 6.45) is 2.02. The Balaban J connectivity index is 2.37. The highest BCUT2D eigenvalue weighted by Gasteiger charge is 2.23. The monoisotopic (exact) mass is 158 g/mol. The maximum absolute atomic E-state index is 10.6. The predicted molar refractivity (Wildman–Crippen MR) is 40.6 cm³/mol. The predicted octanol–water partition coefficient (Wildman–Crippen LogP) is -0.506. The third-order valence-electron chi connectivity index (χ3n) is 1.89. The second kappa shape index (κ2) is 3.69. The lowest BCUT2D eigenvalue weighted by molar-refractivity contribution is -0.124. The van der Waals surface area contributed by atoms with Gasteiger partial charge in [-0.15, -0.1) is 0 Å². The molecule has 0 spiro atoms. The number of aliphatic hydroxyl groups is 1. The van der Waals surface area contributed by atoms with Crippen molar-refractivity contribution in [1.82, 2.24) is 10.4 Å². The van der Waals surface area contributed by atoms with E-state index in [2.05, 4.69) is 5.43 Å². The van der Waals surface area contributed by atoms with Crippen LogP contribution in [-0.2, 0) is 4.79 Å². The summed E-state index contributed by atoms with van der Waals surface area (Å²) in [6, 6.07) is 0.124. The van der Waals surface area contributed by atoms with Gasteiger partial charge in [-0.05, 0) is 12.8 Å². The van der Waals surface area contributed by atoms with Gasteiger partial charge in [0.2, 0.25) is 5.91 Å². The molecular weight excluding hydrogens is 144 g/mol. The summed E-state index contributed by atoms with van der Waals surface area (Å²) in [4.78, 5) is 10.6. The van der Waals surface area contributed by atoms with E-state index in [-0.39, 0.29) is 18.6 Å². The van der Waals surface area contributed by atoms with Gasteiger partial charge in [0, 0.05) is 13.5 Å². The van der Waals surface area contributed by atoms with Crippen molar-refractivity contribution in [3.05, 3.63) is 0 Å². The van der Waals surface area contributed by atoms with E-state index in [4.69, 9.17) is 5.11 Å². The molecule has 1 heterocycles. The van der Waals surface area contributed by atoms with Gasteiger partial charge < -0.3 is 5.11 Å². The Bertz CT molecular complexity index is 149. The molecule has 1 aliphatic rings. The topological polar surface area (TPSA) is 52.6 Å². The summed E-state index contributed by atoms with van der Waals surface area (Å²) >= 11 is 0. The van der Waals surface area contributed by atoms with Crippen LogP contribution in [0.2, 0.25) is 0 Å². The Hall–Kier alpha value is -0.610. The summed E-state index contributed by atoms with van der Waals surface area (Å²) in [7, 11) is 0. The minimum Gasteiger partial charge on any atom is -0.395 e. The normalized spacial score (nSPS) is 25.5. The van der Waals surface area contributed by atoms with E-state index in [0.29, 0.717) is 0 Å². The number of rotatable bonds is 2. The summed E-state index contributed by atoms with van der Waals surface area (Å²) < 4.78 is 0. The molecular formula is C7H14N2O2. The van der Waals surface area contributed by atoms with Gasteiger partial charge in [0.25, 0.3) is 0 Å². The van der Waals surface area contributed by atoms with Crippen molar-refractivity contribution >= 4 is 5.91 Å². The first-order chi connectivity index (χ1) is 5.24. The molecule has 1 saturated heterocycles. The Morgan fingerprint density at radius 1 is 1.82 bits per heavy atom. The Morgan fingerprint density at radius 2 is 2.55 bits per heavy atom. The number of aliphatic hydroxyl groups excluding tert-OH is 1. The van der Waals surface area contributed by atoms with Crippen molar-refractivity contribution < 1.29 is 9.90 Å². The van der Waals surface area contributed by atoms with Crippen LogP contribution < -0.4 is 5.43 Å². The van der Waals surface area contributed by atoms with Crippen LogP contribution in [0.1, 0.15) is 19.8 Å². The summed E-state index contributed by atoms with van der Waals surface area (Å²) in [5.41, 5.74) is 2.68. The van der Waals surface area contributed by atoms with Gasteiger partial charge in [0.1, 0.15) is 0 Å². The fraction of sp³-hybridized carbons (Fsp3) is 0.857. The Labute approximate surface area is 66.2 Å². The van der Waals surface area contributed by atoms with Gasteiger partial charge in [-0.25, -0.2) is 5.01 Å². The second-order valence-corrected chi connectivity index (χ2v) is 2.84. The zero-order chi connectivity index (χ0) is 8.27. The molecule has 0 saturated carbocycles. The first kappa shape index (κ1) is 8.49. The van der Waals surface area contributed by atoms with Crippen LogP contribution in [0.25, 0.3) is 0 Å².